The molecule has 1 unspecified atom stereocenters. The Bertz CT molecular complexity index is 725. The molecule has 1 saturated heterocycles. The summed E-state index contributed by atoms with van der Waals surface area (Å²) in [5, 5.41) is 3.97. The van der Waals surface area contributed by atoms with Crippen LogP contribution in [-0.4, -0.2) is 48.6 Å². The molecule has 0 saturated carbocycles. The summed E-state index contributed by atoms with van der Waals surface area (Å²) in [5.74, 6) is 0.934. The number of nitrogens with zero attached hydrogens (tertiary/aromatic N) is 4. The molecule has 0 amide bonds. The van der Waals surface area contributed by atoms with Gasteiger partial charge in [-0.3, -0.25) is 4.99 Å². The Morgan fingerprint density at radius 2 is 1.92 bits per heavy atom. The van der Waals surface area contributed by atoms with Crippen LogP contribution in [0.1, 0.15) is 23.5 Å². The highest BCUT2D eigenvalue weighted by Gasteiger charge is 2.19. The first-order valence-electron chi connectivity index (χ1n) is 8.50. The number of anilines is 1. The number of aromatic nitrogens is 1. The molecule has 142 valence electrons. The number of aliphatic imine (C=N–C) groups is 1. The van der Waals surface area contributed by atoms with E-state index in [0.717, 1.165) is 41.9 Å². The molecule has 2 heterocycles. The number of benzene rings is 1. The van der Waals surface area contributed by atoms with E-state index in [2.05, 4.69) is 44.2 Å². The van der Waals surface area contributed by atoms with Gasteiger partial charge in [0.25, 0.3) is 0 Å². The largest absolute Gasteiger partial charge is 0.370 e. The zero-order valence-electron chi connectivity index (χ0n) is 15.1. The molecule has 1 fully saturated rings. The summed E-state index contributed by atoms with van der Waals surface area (Å²) in [6.45, 7) is 8.46. The minimum atomic E-state index is 0. The number of guanidine groups is 1. The molecule has 1 aliphatic rings. The molecular formula is C18H25ClIN5S. The summed E-state index contributed by atoms with van der Waals surface area (Å²) < 4.78 is 0. The van der Waals surface area contributed by atoms with Gasteiger partial charge in [0.1, 0.15) is 0 Å². The molecule has 5 nitrogen and oxygen atoms in total. The van der Waals surface area contributed by atoms with Gasteiger partial charge in [-0.05, 0) is 31.2 Å². The fourth-order valence-corrected chi connectivity index (χ4v) is 3.83. The number of halogens is 2. The van der Waals surface area contributed by atoms with Crippen molar-refractivity contribution in [2.75, 3.05) is 37.6 Å². The zero-order valence-corrected chi connectivity index (χ0v) is 19.0. The van der Waals surface area contributed by atoms with E-state index in [4.69, 9.17) is 17.3 Å². The third kappa shape index (κ3) is 5.47. The molecule has 1 aliphatic heterocycles. The molecule has 26 heavy (non-hydrogen) atoms. The molecule has 2 aromatic rings. The van der Waals surface area contributed by atoms with Gasteiger partial charge in [0, 0.05) is 53.9 Å². The predicted octanol–water partition coefficient (Wildman–Crippen LogP) is 3.96. The van der Waals surface area contributed by atoms with Crippen LogP contribution < -0.4 is 10.6 Å². The Balaban J connectivity index is 0.00000243. The highest BCUT2D eigenvalue weighted by molar-refractivity contribution is 14.0. The van der Waals surface area contributed by atoms with Crippen molar-refractivity contribution in [1.29, 1.82) is 0 Å². The van der Waals surface area contributed by atoms with Crippen LogP contribution in [0.5, 0.6) is 0 Å². The maximum Gasteiger partial charge on any atom is 0.191 e. The van der Waals surface area contributed by atoms with Crippen molar-refractivity contribution < 1.29 is 0 Å². The van der Waals surface area contributed by atoms with Gasteiger partial charge >= 0.3 is 0 Å². The SMILES string of the molecule is Cc1csc(C(C)CN=C(N)N2CCN(c3ccc(Cl)cc3)CC2)n1.I. The van der Waals surface area contributed by atoms with E-state index in [-0.39, 0.29) is 24.0 Å². The van der Waals surface area contributed by atoms with Crippen molar-refractivity contribution in [3.63, 3.8) is 0 Å². The number of hydrogen-bond donors (Lipinski definition) is 1. The minimum Gasteiger partial charge on any atom is -0.370 e. The summed E-state index contributed by atoms with van der Waals surface area (Å²) in [7, 11) is 0. The van der Waals surface area contributed by atoms with E-state index >= 15 is 0 Å². The lowest BCUT2D eigenvalue weighted by Gasteiger charge is -2.36. The number of piperazine rings is 1. The molecule has 0 spiro atoms. The maximum absolute atomic E-state index is 6.21. The van der Waals surface area contributed by atoms with Crippen molar-refractivity contribution in [3.8, 4) is 0 Å². The van der Waals surface area contributed by atoms with Gasteiger partial charge in [-0.25, -0.2) is 4.98 Å². The summed E-state index contributed by atoms with van der Waals surface area (Å²) in [6.07, 6.45) is 0. The topological polar surface area (TPSA) is 57.8 Å². The van der Waals surface area contributed by atoms with Gasteiger partial charge in [-0.15, -0.1) is 35.3 Å². The van der Waals surface area contributed by atoms with Crippen LogP contribution in [0.25, 0.3) is 0 Å². The first-order chi connectivity index (χ1) is 12.0. The van der Waals surface area contributed by atoms with E-state index in [0.29, 0.717) is 18.4 Å². The number of hydrogen-bond acceptors (Lipinski definition) is 4. The molecule has 3 rings (SSSR count). The average molecular weight is 506 g/mol. The summed E-state index contributed by atoms with van der Waals surface area (Å²) >= 11 is 7.65. The highest BCUT2D eigenvalue weighted by Crippen LogP contribution is 2.21. The van der Waals surface area contributed by atoms with Crippen molar-refractivity contribution in [3.05, 3.63) is 45.4 Å². The van der Waals surface area contributed by atoms with E-state index < -0.39 is 0 Å². The molecule has 1 atom stereocenters. The van der Waals surface area contributed by atoms with Crippen LogP contribution in [-0.2, 0) is 0 Å². The molecule has 1 aromatic carbocycles. The minimum absolute atomic E-state index is 0. The van der Waals surface area contributed by atoms with Gasteiger partial charge in [0.2, 0.25) is 0 Å². The third-order valence-electron chi connectivity index (χ3n) is 4.38. The average Bonchev–Trinajstić information content (AvgIpc) is 3.07. The van der Waals surface area contributed by atoms with E-state index in [1.54, 1.807) is 11.3 Å². The van der Waals surface area contributed by atoms with Gasteiger partial charge in [-0.2, -0.15) is 0 Å². The van der Waals surface area contributed by atoms with Crippen molar-refractivity contribution in [1.82, 2.24) is 9.88 Å². The second-order valence-electron chi connectivity index (χ2n) is 6.38. The van der Waals surface area contributed by atoms with Crippen LogP contribution >= 0.6 is 46.9 Å². The maximum atomic E-state index is 6.21. The molecule has 0 bridgehead atoms. The Hall–Kier alpha value is -1.06. The van der Waals surface area contributed by atoms with Crippen LogP contribution in [0.3, 0.4) is 0 Å². The Labute approximate surface area is 181 Å². The van der Waals surface area contributed by atoms with Gasteiger partial charge in [-0.1, -0.05) is 18.5 Å². The van der Waals surface area contributed by atoms with E-state index in [9.17, 15) is 0 Å². The van der Waals surface area contributed by atoms with Gasteiger partial charge in [0.05, 0.1) is 11.6 Å². The first-order valence-corrected chi connectivity index (χ1v) is 9.76. The summed E-state index contributed by atoms with van der Waals surface area (Å²) in [6, 6.07) is 7.99. The Morgan fingerprint density at radius 3 is 2.50 bits per heavy atom. The van der Waals surface area contributed by atoms with Crippen LogP contribution in [0.15, 0.2) is 34.6 Å². The van der Waals surface area contributed by atoms with Crippen LogP contribution in [0.4, 0.5) is 5.69 Å². The smallest absolute Gasteiger partial charge is 0.191 e. The Kier molecular flexibility index (Phi) is 7.97. The fraction of sp³-hybridized carbons (Fsp3) is 0.444. The molecule has 0 radical (unpaired) electrons. The van der Waals surface area contributed by atoms with Gasteiger partial charge in [0.15, 0.2) is 5.96 Å². The molecule has 8 heteroatoms. The first kappa shape index (κ1) is 21.2. The van der Waals surface area contributed by atoms with Crippen molar-refractivity contribution in [2.45, 2.75) is 19.8 Å². The molecule has 2 N–H and O–H groups in total. The number of rotatable bonds is 4. The Morgan fingerprint density at radius 1 is 1.27 bits per heavy atom. The third-order valence-corrected chi connectivity index (χ3v) is 5.83. The quantitative estimate of drug-likeness (QED) is 0.388. The summed E-state index contributed by atoms with van der Waals surface area (Å²) in [4.78, 5) is 13.6. The lowest BCUT2D eigenvalue weighted by Crippen LogP contribution is -2.51. The molecule has 0 aliphatic carbocycles. The van der Waals surface area contributed by atoms with E-state index in [1.165, 1.54) is 5.69 Å². The summed E-state index contributed by atoms with van der Waals surface area (Å²) in [5.41, 5.74) is 8.48. The normalized spacial score (nSPS) is 16.3. The second kappa shape index (κ2) is 9.75. The van der Waals surface area contributed by atoms with E-state index in [1.807, 2.05) is 19.1 Å². The second-order valence-corrected chi connectivity index (χ2v) is 7.70. The number of thiazole rings is 1. The number of nitrogens with two attached hydrogens (primary N) is 1. The van der Waals surface area contributed by atoms with Crippen LogP contribution in [0.2, 0.25) is 5.02 Å². The lowest BCUT2D eigenvalue weighted by atomic mass is 10.2. The zero-order chi connectivity index (χ0) is 17.8. The van der Waals surface area contributed by atoms with Crippen molar-refractivity contribution >= 4 is 58.6 Å². The standard InChI is InChI=1S/C18H24ClN5S.HI/c1-13(17-22-14(2)12-25-17)11-21-18(20)24-9-7-23(8-10-24)16-5-3-15(19)4-6-16;/h3-6,12-13H,7-11H2,1-2H3,(H2,20,21);1H. The van der Waals surface area contributed by atoms with Gasteiger partial charge < -0.3 is 15.5 Å². The molecular weight excluding hydrogens is 481 g/mol. The lowest BCUT2D eigenvalue weighted by molar-refractivity contribution is 0.380. The monoisotopic (exact) mass is 505 g/mol. The number of aryl methyl sites for hydroxylation is 1. The van der Waals surface area contributed by atoms with Crippen molar-refractivity contribution in [2.24, 2.45) is 10.7 Å². The highest BCUT2D eigenvalue weighted by atomic mass is 127. The molecule has 1 aromatic heterocycles. The fourth-order valence-electron chi connectivity index (χ4n) is 2.85. The predicted molar refractivity (Wildman–Crippen MR) is 122 cm³/mol. The van der Waals surface area contributed by atoms with Crippen LogP contribution in [0, 0.1) is 6.92 Å².